The van der Waals surface area contributed by atoms with E-state index in [0.29, 0.717) is 12.5 Å². The van der Waals surface area contributed by atoms with Crippen molar-refractivity contribution >= 4 is 0 Å². The zero-order chi connectivity index (χ0) is 11.4. The molecule has 0 bridgehead atoms. The summed E-state index contributed by atoms with van der Waals surface area (Å²) >= 11 is 0. The van der Waals surface area contributed by atoms with Gasteiger partial charge < -0.3 is 10.3 Å². The molecule has 16 heavy (non-hydrogen) atoms. The van der Waals surface area contributed by atoms with Crippen molar-refractivity contribution < 1.29 is 0 Å². The number of benzene rings is 1. The molecule has 0 saturated carbocycles. The van der Waals surface area contributed by atoms with E-state index in [2.05, 4.69) is 40.7 Å². The van der Waals surface area contributed by atoms with Gasteiger partial charge in [-0.3, -0.25) is 0 Å². The topological polar surface area (TPSA) is 43.8 Å². The Morgan fingerprint density at radius 1 is 1.31 bits per heavy atom. The third kappa shape index (κ3) is 2.31. The first-order valence-electron chi connectivity index (χ1n) is 5.55. The Morgan fingerprint density at radius 3 is 2.75 bits per heavy atom. The predicted octanol–water partition coefficient (Wildman–Crippen LogP) is 2.15. The van der Waals surface area contributed by atoms with Crippen LogP contribution >= 0.6 is 0 Å². The predicted molar refractivity (Wildman–Crippen MR) is 65.0 cm³/mol. The Hall–Kier alpha value is -1.61. The highest BCUT2D eigenvalue weighted by molar-refractivity contribution is 5.18. The number of hydrogen-bond donors (Lipinski definition) is 1. The van der Waals surface area contributed by atoms with Gasteiger partial charge in [0.25, 0.3) is 0 Å². The molecule has 0 amide bonds. The second-order valence-electron chi connectivity index (χ2n) is 4.05. The molecule has 0 radical (unpaired) electrons. The van der Waals surface area contributed by atoms with Crippen LogP contribution < -0.4 is 5.73 Å². The highest BCUT2D eigenvalue weighted by Gasteiger charge is 2.07. The molecule has 0 aliphatic rings. The molecule has 0 fully saturated rings. The number of hydrogen-bond acceptors (Lipinski definition) is 2. The van der Waals surface area contributed by atoms with E-state index in [0.717, 1.165) is 12.2 Å². The quantitative estimate of drug-likeness (QED) is 0.849. The largest absolute Gasteiger partial charge is 0.333 e. The maximum atomic E-state index is 5.65. The molecule has 1 unspecified atom stereocenters. The van der Waals surface area contributed by atoms with Crippen LogP contribution in [-0.4, -0.2) is 9.55 Å². The highest BCUT2D eigenvalue weighted by Crippen LogP contribution is 2.17. The van der Waals surface area contributed by atoms with Gasteiger partial charge in [-0.2, -0.15) is 0 Å². The van der Waals surface area contributed by atoms with Crippen LogP contribution in [0.2, 0.25) is 0 Å². The van der Waals surface area contributed by atoms with Crippen molar-refractivity contribution in [1.82, 2.24) is 9.55 Å². The number of imidazole rings is 1. The Bertz CT molecular complexity index is 433. The highest BCUT2D eigenvalue weighted by atomic mass is 15.1. The van der Waals surface area contributed by atoms with E-state index in [1.54, 1.807) is 0 Å². The van der Waals surface area contributed by atoms with Crippen LogP contribution in [0.15, 0.2) is 42.9 Å². The van der Waals surface area contributed by atoms with Gasteiger partial charge in [-0.25, -0.2) is 4.98 Å². The van der Waals surface area contributed by atoms with Crippen molar-refractivity contribution in [3.63, 3.8) is 0 Å². The average molecular weight is 215 g/mol. The maximum absolute atomic E-state index is 5.65. The van der Waals surface area contributed by atoms with Gasteiger partial charge in [-0.15, -0.1) is 0 Å². The van der Waals surface area contributed by atoms with Gasteiger partial charge in [0.1, 0.15) is 0 Å². The number of aromatic nitrogens is 2. The number of rotatable bonds is 4. The summed E-state index contributed by atoms with van der Waals surface area (Å²) in [6, 6.07) is 10.5. The summed E-state index contributed by atoms with van der Waals surface area (Å²) in [4.78, 5) is 4.12. The van der Waals surface area contributed by atoms with Gasteiger partial charge in [-0.1, -0.05) is 37.3 Å². The van der Waals surface area contributed by atoms with Crippen molar-refractivity contribution in [3.8, 4) is 0 Å². The lowest BCUT2D eigenvalue weighted by Crippen LogP contribution is -2.10. The molecule has 0 aliphatic heterocycles. The lowest BCUT2D eigenvalue weighted by Gasteiger charge is -2.14. The van der Waals surface area contributed by atoms with E-state index in [9.17, 15) is 0 Å². The van der Waals surface area contributed by atoms with Gasteiger partial charge in [0.2, 0.25) is 0 Å². The van der Waals surface area contributed by atoms with E-state index >= 15 is 0 Å². The normalized spacial score (nSPS) is 12.6. The molecule has 2 aromatic rings. The molecule has 0 spiro atoms. The first-order chi connectivity index (χ1) is 7.81. The van der Waals surface area contributed by atoms with Gasteiger partial charge in [0.15, 0.2) is 0 Å². The van der Waals surface area contributed by atoms with Crippen LogP contribution in [0.5, 0.6) is 0 Å². The smallest absolute Gasteiger partial charge is 0.0948 e. The lowest BCUT2D eigenvalue weighted by molar-refractivity contribution is 0.577. The van der Waals surface area contributed by atoms with E-state index < -0.39 is 0 Å². The second-order valence-corrected chi connectivity index (χ2v) is 4.05. The van der Waals surface area contributed by atoms with Crippen molar-refractivity contribution in [2.75, 3.05) is 0 Å². The fourth-order valence-corrected chi connectivity index (χ4v) is 1.86. The number of nitrogens with zero attached hydrogens (tertiary/aromatic N) is 2. The van der Waals surface area contributed by atoms with Crippen LogP contribution in [0.3, 0.4) is 0 Å². The van der Waals surface area contributed by atoms with E-state index in [4.69, 9.17) is 5.73 Å². The summed E-state index contributed by atoms with van der Waals surface area (Å²) < 4.78 is 2.12. The van der Waals surface area contributed by atoms with Gasteiger partial charge in [0, 0.05) is 19.3 Å². The van der Waals surface area contributed by atoms with E-state index in [1.165, 1.54) is 5.56 Å². The summed E-state index contributed by atoms with van der Waals surface area (Å²) in [6.45, 7) is 3.69. The zero-order valence-electron chi connectivity index (χ0n) is 9.50. The second kappa shape index (κ2) is 4.94. The summed E-state index contributed by atoms with van der Waals surface area (Å²) in [6.07, 6.45) is 3.68. The molecule has 84 valence electrons. The van der Waals surface area contributed by atoms with Gasteiger partial charge in [-0.05, 0) is 11.5 Å². The van der Waals surface area contributed by atoms with Crippen LogP contribution in [-0.2, 0) is 13.1 Å². The molecule has 0 saturated heterocycles. The molecule has 1 atom stereocenters. The Balaban J connectivity index is 2.11. The molecule has 1 aromatic carbocycles. The minimum atomic E-state index is 0.473. The Morgan fingerprint density at radius 2 is 2.06 bits per heavy atom. The van der Waals surface area contributed by atoms with Crippen LogP contribution in [0.25, 0.3) is 0 Å². The molecule has 1 aromatic heterocycles. The molecular formula is C13H17N3. The van der Waals surface area contributed by atoms with Crippen LogP contribution in [0.1, 0.15) is 24.1 Å². The van der Waals surface area contributed by atoms with Crippen molar-refractivity contribution in [3.05, 3.63) is 54.1 Å². The molecule has 2 rings (SSSR count). The SMILES string of the molecule is CC(Cn1cncc1CN)c1ccccc1. The minimum absolute atomic E-state index is 0.473. The Labute approximate surface area is 95.9 Å². The van der Waals surface area contributed by atoms with Crippen LogP contribution in [0, 0.1) is 0 Å². The standard InChI is InChI=1S/C13H17N3/c1-11(12-5-3-2-4-6-12)9-16-10-15-8-13(16)7-14/h2-6,8,10-11H,7,9,14H2,1H3. The molecule has 1 heterocycles. The van der Waals surface area contributed by atoms with Crippen molar-refractivity contribution in [2.45, 2.75) is 25.9 Å². The van der Waals surface area contributed by atoms with Gasteiger partial charge in [0.05, 0.1) is 12.0 Å². The monoisotopic (exact) mass is 215 g/mol. The lowest BCUT2D eigenvalue weighted by atomic mass is 10.0. The number of nitrogens with two attached hydrogens (primary N) is 1. The summed E-state index contributed by atoms with van der Waals surface area (Å²) in [5, 5.41) is 0. The van der Waals surface area contributed by atoms with Crippen LogP contribution in [0.4, 0.5) is 0 Å². The Kier molecular flexibility index (Phi) is 3.37. The first-order valence-corrected chi connectivity index (χ1v) is 5.55. The molecule has 3 heteroatoms. The van der Waals surface area contributed by atoms with E-state index in [1.807, 2.05) is 18.6 Å². The fourth-order valence-electron chi connectivity index (χ4n) is 1.86. The third-order valence-corrected chi connectivity index (χ3v) is 2.85. The fraction of sp³-hybridized carbons (Fsp3) is 0.308. The average Bonchev–Trinajstić information content (AvgIpc) is 2.77. The molecule has 2 N–H and O–H groups in total. The van der Waals surface area contributed by atoms with Gasteiger partial charge >= 0.3 is 0 Å². The van der Waals surface area contributed by atoms with Crippen molar-refractivity contribution in [2.24, 2.45) is 5.73 Å². The minimum Gasteiger partial charge on any atom is -0.333 e. The molecule has 3 nitrogen and oxygen atoms in total. The molecular weight excluding hydrogens is 198 g/mol. The maximum Gasteiger partial charge on any atom is 0.0948 e. The summed E-state index contributed by atoms with van der Waals surface area (Å²) in [5.41, 5.74) is 8.08. The summed E-state index contributed by atoms with van der Waals surface area (Å²) in [5.74, 6) is 0.473. The zero-order valence-corrected chi connectivity index (χ0v) is 9.50. The van der Waals surface area contributed by atoms with E-state index in [-0.39, 0.29) is 0 Å². The van der Waals surface area contributed by atoms with Crippen molar-refractivity contribution in [1.29, 1.82) is 0 Å². The third-order valence-electron chi connectivity index (χ3n) is 2.85. The first kappa shape index (κ1) is 10.9. The summed E-state index contributed by atoms with van der Waals surface area (Å²) in [7, 11) is 0. The molecule has 0 aliphatic carbocycles.